The molecule has 0 fully saturated rings. The Labute approximate surface area is 309 Å². The van der Waals surface area contributed by atoms with E-state index in [0.29, 0.717) is 12.8 Å². The number of rotatable bonds is 38. The molecule has 1 atom stereocenters. The number of carbonyl (C=O) groups excluding carboxylic acids is 2. The SMILES string of the molecule is CCC=CCC=CCC=CCC=CCCCCCCC(=O)OC[C@H](CO)OC(=O)CCCCCCCCCCCCCCCCCCCCC. The van der Waals surface area contributed by atoms with Crippen LogP contribution in [0.5, 0.6) is 0 Å². The van der Waals surface area contributed by atoms with Crippen molar-refractivity contribution >= 4 is 11.9 Å². The Bertz CT molecular complexity index is 842. The van der Waals surface area contributed by atoms with Gasteiger partial charge in [0.05, 0.1) is 6.61 Å². The van der Waals surface area contributed by atoms with Gasteiger partial charge in [-0.25, -0.2) is 0 Å². The molecule has 0 aromatic carbocycles. The summed E-state index contributed by atoms with van der Waals surface area (Å²) >= 11 is 0. The number of esters is 2. The summed E-state index contributed by atoms with van der Waals surface area (Å²) in [5.41, 5.74) is 0. The molecule has 0 saturated heterocycles. The minimum Gasteiger partial charge on any atom is -0.462 e. The van der Waals surface area contributed by atoms with Crippen molar-refractivity contribution in [2.24, 2.45) is 0 Å². The Morgan fingerprint density at radius 2 is 0.860 bits per heavy atom. The highest BCUT2D eigenvalue weighted by atomic mass is 16.6. The average Bonchev–Trinajstić information content (AvgIpc) is 3.12. The highest BCUT2D eigenvalue weighted by Crippen LogP contribution is 2.15. The summed E-state index contributed by atoms with van der Waals surface area (Å²) in [6, 6.07) is 0. The first-order valence-corrected chi connectivity index (χ1v) is 21.2. The zero-order chi connectivity index (χ0) is 36.4. The maximum absolute atomic E-state index is 12.2. The maximum Gasteiger partial charge on any atom is 0.306 e. The Balaban J connectivity index is 3.56. The Kier molecular flexibility index (Phi) is 39.5. The number of ether oxygens (including phenoxy) is 2. The minimum absolute atomic E-state index is 0.0773. The molecule has 0 radical (unpaired) electrons. The maximum atomic E-state index is 12.2. The standard InChI is InChI=1S/C45H80O5/c1-3-5-7-9-11-13-15-17-19-21-22-24-26-28-30-32-34-36-38-40-45(48)50-43(41-46)42-49-44(47)39-37-35-33-31-29-27-25-23-20-18-16-14-12-10-8-6-4-2/h6,8,12,14,18,20,25,27,43,46H,3-5,7,9-11,13,15-17,19,21-24,26,28-42H2,1-2H3/t43-/m0/s1. The quantitative estimate of drug-likeness (QED) is 0.0394. The third-order valence-corrected chi connectivity index (χ3v) is 9.14. The molecular formula is C45H80O5. The second-order valence-corrected chi connectivity index (χ2v) is 14.0. The first-order valence-electron chi connectivity index (χ1n) is 21.2. The van der Waals surface area contributed by atoms with Crippen molar-refractivity contribution in [1.29, 1.82) is 0 Å². The molecule has 290 valence electrons. The molecule has 0 saturated carbocycles. The molecule has 0 aromatic heterocycles. The molecule has 5 nitrogen and oxygen atoms in total. The summed E-state index contributed by atoms with van der Waals surface area (Å²) in [5.74, 6) is -0.613. The fourth-order valence-corrected chi connectivity index (χ4v) is 5.96. The van der Waals surface area contributed by atoms with E-state index in [1.807, 2.05) is 0 Å². The number of carbonyl (C=O) groups is 2. The van der Waals surface area contributed by atoms with Crippen LogP contribution in [0.15, 0.2) is 48.6 Å². The van der Waals surface area contributed by atoms with Crippen molar-refractivity contribution in [3.63, 3.8) is 0 Å². The van der Waals surface area contributed by atoms with E-state index >= 15 is 0 Å². The number of hydrogen-bond donors (Lipinski definition) is 1. The smallest absolute Gasteiger partial charge is 0.306 e. The lowest BCUT2D eigenvalue weighted by molar-refractivity contribution is -0.161. The van der Waals surface area contributed by atoms with Crippen LogP contribution in [-0.4, -0.2) is 36.4 Å². The normalized spacial score (nSPS) is 12.6. The van der Waals surface area contributed by atoms with Crippen molar-refractivity contribution in [1.82, 2.24) is 0 Å². The van der Waals surface area contributed by atoms with Gasteiger partial charge in [-0.15, -0.1) is 0 Å². The highest BCUT2D eigenvalue weighted by molar-refractivity contribution is 5.70. The molecular weight excluding hydrogens is 620 g/mol. The van der Waals surface area contributed by atoms with E-state index in [4.69, 9.17) is 9.47 Å². The lowest BCUT2D eigenvalue weighted by Crippen LogP contribution is -2.28. The number of unbranched alkanes of at least 4 members (excludes halogenated alkanes) is 22. The summed E-state index contributed by atoms with van der Waals surface area (Å²) in [7, 11) is 0. The van der Waals surface area contributed by atoms with Crippen LogP contribution in [0.3, 0.4) is 0 Å². The molecule has 50 heavy (non-hydrogen) atoms. The summed E-state index contributed by atoms with van der Waals surface area (Å²) in [5, 5.41) is 9.57. The summed E-state index contributed by atoms with van der Waals surface area (Å²) in [6.45, 7) is 4.02. The van der Waals surface area contributed by atoms with Crippen LogP contribution >= 0.6 is 0 Å². The van der Waals surface area contributed by atoms with E-state index in [1.165, 1.54) is 103 Å². The molecule has 0 aliphatic heterocycles. The Morgan fingerprint density at radius 3 is 1.30 bits per heavy atom. The first-order chi connectivity index (χ1) is 24.6. The monoisotopic (exact) mass is 701 g/mol. The largest absolute Gasteiger partial charge is 0.462 e. The number of aliphatic hydroxyl groups excluding tert-OH is 1. The van der Waals surface area contributed by atoms with Crippen molar-refractivity contribution in [3.05, 3.63) is 48.6 Å². The third kappa shape index (κ3) is 38.7. The van der Waals surface area contributed by atoms with E-state index in [-0.39, 0.29) is 25.2 Å². The van der Waals surface area contributed by atoms with Gasteiger partial charge in [0.15, 0.2) is 6.10 Å². The van der Waals surface area contributed by atoms with Crippen LogP contribution in [0.1, 0.15) is 206 Å². The van der Waals surface area contributed by atoms with Gasteiger partial charge in [0.2, 0.25) is 0 Å². The average molecular weight is 701 g/mol. The van der Waals surface area contributed by atoms with Crippen molar-refractivity contribution in [3.8, 4) is 0 Å². The summed E-state index contributed by atoms with van der Waals surface area (Å²) in [4.78, 5) is 24.3. The van der Waals surface area contributed by atoms with Gasteiger partial charge in [-0.3, -0.25) is 9.59 Å². The van der Waals surface area contributed by atoms with E-state index in [1.54, 1.807) is 0 Å². The number of allylic oxidation sites excluding steroid dienone is 8. The van der Waals surface area contributed by atoms with Gasteiger partial charge in [0.1, 0.15) is 6.61 Å². The number of hydrogen-bond acceptors (Lipinski definition) is 5. The van der Waals surface area contributed by atoms with Crippen molar-refractivity contribution < 1.29 is 24.2 Å². The molecule has 0 rings (SSSR count). The fraction of sp³-hybridized carbons (Fsp3) is 0.778. The van der Waals surface area contributed by atoms with Gasteiger partial charge in [-0.05, 0) is 51.4 Å². The lowest BCUT2D eigenvalue weighted by Gasteiger charge is -2.15. The first kappa shape index (κ1) is 47.9. The van der Waals surface area contributed by atoms with Gasteiger partial charge in [-0.1, -0.05) is 191 Å². The topological polar surface area (TPSA) is 72.8 Å². The lowest BCUT2D eigenvalue weighted by atomic mass is 10.0. The molecule has 5 heteroatoms. The van der Waals surface area contributed by atoms with E-state index in [9.17, 15) is 14.7 Å². The Morgan fingerprint density at radius 1 is 0.480 bits per heavy atom. The van der Waals surface area contributed by atoms with Crippen molar-refractivity contribution in [2.75, 3.05) is 13.2 Å². The Hall–Kier alpha value is -2.14. The van der Waals surface area contributed by atoms with Crippen LogP contribution in [0.25, 0.3) is 0 Å². The predicted octanol–water partition coefficient (Wildman–Crippen LogP) is 13.4. The second-order valence-electron chi connectivity index (χ2n) is 14.0. The molecule has 1 N–H and O–H groups in total. The number of aliphatic hydroxyl groups is 1. The van der Waals surface area contributed by atoms with Crippen LogP contribution in [0.2, 0.25) is 0 Å². The molecule has 0 aliphatic carbocycles. The molecule has 0 aromatic rings. The van der Waals surface area contributed by atoms with Gasteiger partial charge in [-0.2, -0.15) is 0 Å². The van der Waals surface area contributed by atoms with Crippen LogP contribution < -0.4 is 0 Å². The van der Waals surface area contributed by atoms with E-state index < -0.39 is 6.10 Å². The zero-order valence-corrected chi connectivity index (χ0v) is 32.9. The van der Waals surface area contributed by atoms with E-state index in [0.717, 1.165) is 77.0 Å². The van der Waals surface area contributed by atoms with Crippen molar-refractivity contribution in [2.45, 2.75) is 213 Å². The van der Waals surface area contributed by atoms with Gasteiger partial charge in [0, 0.05) is 12.8 Å². The van der Waals surface area contributed by atoms with E-state index in [2.05, 4.69) is 62.5 Å². The van der Waals surface area contributed by atoms with Crippen LogP contribution in [0, 0.1) is 0 Å². The zero-order valence-electron chi connectivity index (χ0n) is 32.9. The molecule has 0 spiro atoms. The molecule has 0 amide bonds. The van der Waals surface area contributed by atoms with Crippen LogP contribution in [-0.2, 0) is 19.1 Å². The van der Waals surface area contributed by atoms with Gasteiger partial charge >= 0.3 is 11.9 Å². The van der Waals surface area contributed by atoms with Crippen LogP contribution in [0.4, 0.5) is 0 Å². The summed E-state index contributed by atoms with van der Waals surface area (Å²) in [6.07, 6.45) is 51.8. The highest BCUT2D eigenvalue weighted by Gasteiger charge is 2.16. The summed E-state index contributed by atoms with van der Waals surface area (Å²) < 4.78 is 10.6. The third-order valence-electron chi connectivity index (χ3n) is 9.14. The van der Waals surface area contributed by atoms with Gasteiger partial charge in [0.25, 0.3) is 0 Å². The molecule has 0 bridgehead atoms. The molecule has 0 unspecified atom stereocenters. The molecule has 0 aliphatic rings. The fourth-order valence-electron chi connectivity index (χ4n) is 5.96. The molecule has 0 heterocycles. The predicted molar refractivity (Wildman–Crippen MR) is 214 cm³/mol. The second kappa shape index (κ2) is 41.3. The van der Waals surface area contributed by atoms with Gasteiger partial charge < -0.3 is 14.6 Å². The minimum atomic E-state index is -0.780.